The smallest absolute Gasteiger partial charge is 0.251 e. The fourth-order valence-electron chi connectivity index (χ4n) is 3.40. The monoisotopic (exact) mass is 488 g/mol. The number of carbonyl (C=O) groups is 1. The summed E-state index contributed by atoms with van der Waals surface area (Å²) in [5.41, 5.74) is 6.67. The molecule has 0 spiro atoms. The summed E-state index contributed by atoms with van der Waals surface area (Å²) in [4.78, 5) is 19.8. The van der Waals surface area contributed by atoms with Crippen LogP contribution >= 0.6 is 12.2 Å². The Hall–Kier alpha value is -4.44. The molecular weight excluding hydrogens is 464 g/mol. The van der Waals surface area contributed by atoms with Crippen LogP contribution in [0.25, 0.3) is 10.9 Å². The molecule has 178 valence electrons. The van der Waals surface area contributed by atoms with Gasteiger partial charge >= 0.3 is 0 Å². The van der Waals surface area contributed by atoms with E-state index in [0.29, 0.717) is 29.9 Å². The van der Waals surface area contributed by atoms with Gasteiger partial charge in [-0.3, -0.25) is 15.2 Å². The van der Waals surface area contributed by atoms with Crippen LogP contribution in [0.15, 0.2) is 72.1 Å². The maximum absolute atomic E-state index is 12.5. The van der Waals surface area contributed by atoms with Crippen LogP contribution < -0.4 is 20.8 Å². The molecule has 4 rings (SSSR count). The Labute approximate surface area is 207 Å². The number of hydrogen-bond acceptors (Lipinski definition) is 6. The second-order valence-corrected chi connectivity index (χ2v) is 7.98. The lowest BCUT2D eigenvalue weighted by Gasteiger charge is -2.09. The number of nitrogens with one attached hydrogen (secondary N) is 4. The number of benzene rings is 2. The largest absolute Gasteiger partial charge is 0.506 e. The van der Waals surface area contributed by atoms with Crippen LogP contribution in [0, 0.1) is 0 Å². The van der Waals surface area contributed by atoms with Crippen LogP contribution in [0.2, 0.25) is 0 Å². The molecule has 0 saturated carbocycles. The highest BCUT2D eigenvalue weighted by atomic mass is 32.1. The normalized spacial score (nSPS) is 10.9. The predicted octanol–water partition coefficient (Wildman–Crippen LogP) is 3.57. The summed E-state index contributed by atoms with van der Waals surface area (Å²) < 4.78 is 5.30. The molecule has 2 heterocycles. The number of methoxy groups -OCH3 is 1. The number of hydrazone groups is 1. The van der Waals surface area contributed by atoms with E-state index < -0.39 is 0 Å². The number of aromatic amines is 1. The SMILES string of the molecule is COc1ccc2[nH]cc(CCNC(=O)c3ccc(NC(=S)N/N=C/c4ccc(O)cn4)cc3)c2c1. The van der Waals surface area contributed by atoms with Crippen molar-refractivity contribution in [3.8, 4) is 11.5 Å². The number of nitrogens with zero attached hydrogens (tertiary/aromatic N) is 2. The van der Waals surface area contributed by atoms with Gasteiger partial charge < -0.3 is 25.5 Å². The number of rotatable bonds is 8. The van der Waals surface area contributed by atoms with Crippen LogP contribution in [0.1, 0.15) is 21.6 Å². The minimum Gasteiger partial charge on any atom is -0.506 e. The molecule has 9 nitrogen and oxygen atoms in total. The number of pyridine rings is 1. The number of hydrogen-bond donors (Lipinski definition) is 5. The Morgan fingerprint density at radius 3 is 2.77 bits per heavy atom. The van der Waals surface area contributed by atoms with Gasteiger partial charge in [-0.2, -0.15) is 5.10 Å². The number of ether oxygens (including phenoxy) is 1. The predicted molar refractivity (Wildman–Crippen MR) is 140 cm³/mol. The fraction of sp³-hybridized carbons (Fsp3) is 0.120. The van der Waals surface area contributed by atoms with E-state index in [4.69, 9.17) is 17.0 Å². The zero-order valence-corrected chi connectivity index (χ0v) is 19.7. The van der Waals surface area contributed by atoms with Gasteiger partial charge in [-0.05, 0) is 78.8 Å². The molecule has 0 aliphatic heterocycles. The molecule has 2 aromatic carbocycles. The molecule has 0 aliphatic carbocycles. The molecule has 1 amide bonds. The Kier molecular flexibility index (Phi) is 7.53. The summed E-state index contributed by atoms with van der Waals surface area (Å²) in [5, 5.41) is 20.6. The molecule has 4 aromatic rings. The number of aromatic nitrogens is 2. The van der Waals surface area contributed by atoms with E-state index in [0.717, 1.165) is 22.2 Å². The Balaban J connectivity index is 1.24. The van der Waals surface area contributed by atoms with Crippen LogP contribution in [-0.4, -0.2) is 46.0 Å². The van der Waals surface area contributed by atoms with Crippen molar-refractivity contribution >= 4 is 46.0 Å². The molecular formula is C25H24N6O3S. The average molecular weight is 489 g/mol. The highest BCUT2D eigenvalue weighted by Gasteiger charge is 2.08. The number of thiocarbonyl (C=S) groups is 1. The van der Waals surface area contributed by atoms with Crippen LogP contribution in [0.5, 0.6) is 11.5 Å². The third-order valence-corrected chi connectivity index (χ3v) is 5.39. The van der Waals surface area contributed by atoms with E-state index in [1.807, 2.05) is 24.4 Å². The van der Waals surface area contributed by atoms with Gasteiger partial charge in [-0.15, -0.1) is 0 Å². The molecule has 35 heavy (non-hydrogen) atoms. The Morgan fingerprint density at radius 2 is 2.03 bits per heavy atom. The molecule has 0 atom stereocenters. The summed E-state index contributed by atoms with van der Waals surface area (Å²) in [6, 6.07) is 16.0. The lowest BCUT2D eigenvalue weighted by atomic mass is 10.1. The van der Waals surface area contributed by atoms with Crippen LogP contribution in [0.3, 0.4) is 0 Å². The maximum Gasteiger partial charge on any atom is 0.251 e. The van der Waals surface area contributed by atoms with E-state index in [1.54, 1.807) is 37.4 Å². The number of H-pyrrole nitrogens is 1. The van der Waals surface area contributed by atoms with Crippen molar-refractivity contribution in [2.75, 3.05) is 19.0 Å². The summed E-state index contributed by atoms with van der Waals surface area (Å²) in [7, 11) is 1.64. The van der Waals surface area contributed by atoms with Gasteiger partial charge in [0.05, 0.1) is 25.2 Å². The molecule has 0 saturated heterocycles. The topological polar surface area (TPSA) is 124 Å². The van der Waals surface area contributed by atoms with Gasteiger partial charge in [-0.1, -0.05) is 0 Å². The molecule has 0 bridgehead atoms. The standard InChI is InChI=1S/C25H24N6O3S/c1-34-21-8-9-23-22(12-21)17(13-28-23)10-11-26-24(33)16-2-4-18(5-3-16)30-25(35)31-29-14-19-6-7-20(32)15-27-19/h2-9,12-15,28,32H,10-11H2,1H3,(H,26,33)(H2,30,31,35)/b29-14+. The molecule has 0 radical (unpaired) electrons. The highest BCUT2D eigenvalue weighted by Crippen LogP contribution is 2.23. The first-order chi connectivity index (χ1) is 17.0. The molecule has 2 aromatic heterocycles. The second-order valence-electron chi connectivity index (χ2n) is 7.57. The van der Waals surface area contributed by atoms with Crippen molar-refractivity contribution in [1.29, 1.82) is 0 Å². The first-order valence-electron chi connectivity index (χ1n) is 10.8. The summed E-state index contributed by atoms with van der Waals surface area (Å²) >= 11 is 5.22. The third kappa shape index (κ3) is 6.33. The van der Waals surface area contributed by atoms with Crippen molar-refractivity contribution in [2.24, 2.45) is 5.10 Å². The third-order valence-electron chi connectivity index (χ3n) is 5.19. The quantitative estimate of drug-likeness (QED) is 0.146. The van der Waals surface area contributed by atoms with E-state index in [2.05, 4.69) is 31.1 Å². The van der Waals surface area contributed by atoms with Gasteiger partial charge in [-0.25, -0.2) is 0 Å². The molecule has 0 unspecified atom stereocenters. The van der Waals surface area contributed by atoms with Crippen LogP contribution in [-0.2, 0) is 6.42 Å². The van der Waals surface area contributed by atoms with Crippen molar-refractivity contribution < 1.29 is 14.6 Å². The summed E-state index contributed by atoms with van der Waals surface area (Å²) in [5.74, 6) is 0.729. The number of aromatic hydroxyl groups is 1. The average Bonchev–Trinajstić information content (AvgIpc) is 3.27. The van der Waals surface area contributed by atoms with Crippen LogP contribution in [0.4, 0.5) is 5.69 Å². The zero-order valence-electron chi connectivity index (χ0n) is 18.9. The maximum atomic E-state index is 12.5. The van der Waals surface area contributed by atoms with Gasteiger partial charge in [0.25, 0.3) is 5.91 Å². The summed E-state index contributed by atoms with van der Waals surface area (Å²) in [6.07, 6.45) is 5.46. The lowest BCUT2D eigenvalue weighted by molar-refractivity contribution is 0.0954. The molecule has 0 fully saturated rings. The molecule has 0 aliphatic rings. The van der Waals surface area contributed by atoms with Crippen molar-refractivity contribution in [3.63, 3.8) is 0 Å². The number of fused-ring (bicyclic) bond motifs is 1. The second kappa shape index (κ2) is 11.1. The number of carbonyl (C=O) groups excluding carboxylic acids is 1. The van der Waals surface area contributed by atoms with Crippen molar-refractivity contribution in [2.45, 2.75) is 6.42 Å². The van der Waals surface area contributed by atoms with Crippen molar-refractivity contribution in [3.05, 3.63) is 83.8 Å². The van der Waals surface area contributed by atoms with E-state index >= 15 is 0 Å². The van der Waals surface area contributed by atoms with Gasteiger partial charge in [0.15, 0.2) is 5.11 Å². The number of anilines is 1. The zero-order chi connectivity index (χ0) is 24.6. The first kappa shape index (κ1) is 23.7. The minimum atomic E-state index is -0.152. The van der Waals surface area contributed by atoms with Crippen molar-refractivity contribution in [1.82, 2.24) is 20.7 Å². The summed E-state index contributed by atoms with van der Waals surface area (Å²) in [6.45, 7) is 0.505. The first-order valence-corrected chi connectivity index (χ1v) is 11.2. The number of amides is 1. The van der Waals surface area contributed by atoms with E-state index in [1.165, 1.54) is 18.5 Å². The minimum absolute atomic E-state index is 0.0831. The Morgan fingerprint density at radius 1 is 1.20 bits per heavy atom. The molecule has 10 heteroatoms. The van der Waals surface area contributed by atoms with Gasteiger partial charge in [0.2, 0.25) is 0 Å². The lowest BCUT2D eigenvalue weighted by Crippen LogP contribution is -2.26. The fourth-order valence-corrected chi connectivity index (χ4v) is 3.57. The van der Waals surface area contributed by atoms with Gasteiger partial charge in [0, 0.05) is 34.9 Å². The Bertz CT molecular complexity index is 1350. The highest BCUT2D eigenvalue weighted by molar-refractivity contribution is 7.80. The van der Waals surface area contributed by atoms with E-state index in [-0.39, 0.29) is 16.8 Å². The van der Waals surface area contributed by atoms with E-state index in [9.17, 15) is 9.90 Å². The molecule has 5 N–H and O–H groups in total. The van der Waals surface area contributed by atoms with Gasteiger partial charge in [0.1, 0.15) is 11.5 Å².